The Morgan fingerprint density at radius 1 is 0.509 bits per heavy atom. The normalized spacial score (nSPS) is 11.5. The van der Waals surface area contributed by atoms with E-state index in [1.54, 1.807) is 0 Å². The van der Waals surface area contributed by atoms with E-state index in [9.17, 15) is 13.2 Å². The molecule has 0 bridgehead atoms. The summed E-state index contributed by atoms with van der Waals surface area (Å²) in [5.74, 6) is 4.66. The topological polar surface area (TPSA) is 113 Å². The molecule has 0 aliphatic rings. The van der Waals surface area contributed by atoms with Crippen LogP contribution in [0.3, 0.4) is 0 Å². The van der Waals surface area contributed by atoms with E-state index in [2.05, 4.69) is 96.1 Å². The largest absolute Gasteiger partial charge is 0.741 e. The van der Waals surface area contributed by atoms with Gasteiger partial charge in [-0.05, 0) is 50.7 Å². The number of hydrogen-bond acceptors (Lipinski definition) is 9. The van der Waals surface area contributed by atoms with Gasteiger partial charge in [0.1, 0.15) is 22.4 Å². The minimum absolute atomic E-state index is 0.603. The summed E-state index contributed by atoms with van der Waals surface area (Å²) < 4.78 is 98.3. The summed E-state index contributed by atoms with van der Waals surface area (Å²) in [6, 6.07) is 18.9. The molecule has 3 aromatic carbocycles. The molecule has 3 rings (SSSR count). The molecule has 0 spiro atoms. The Morgan fingerprint density at radius 3 is 1.02 bits per heavy atom. The van der Waals surface area contributed by atoms with Gasteiger partial charge in [0, 0.05) is 24.3 Å². The molecule has 3 aromatic rings. The van der Waals surface area contributed by atoms with Crippen molar-refractivity contribution in [2.24, 2.45) is 0 Å². The number of rotatable bonds is 27. The molecule has 0 fully saturated rings. The molecular weight excluding hydrogens is 782 g/mol. The second-order valence-corrected chi connectivity index (χ2v) is 16.5. The standard InChI is InChI=1S/C42H63O6S.CHF3O3S/c1-7-13-24-43-34-30-37(45-26-15-9-3)41(38(31-34)46-27-16-10-4)49(36-22-20-19-21-23-36)42-39(47-28-17-11-5)32-35(44-25-14-8-2)33-40(42)48-29-18-12-6;2-1(3,4)8(5,6)7/h19-23,30-33H,7-18,24-29H2,1-6H3;(H,5,6,7)/q+1;/p-1. The Labute approximate surface area is 342 Å². The molecule has 0 aliphatic carbocycles. The third-order valence-electron chi connectivity index (χ3n) is 8.21. The van der Waals surface area contributed by atoms with Gasteiger partial charge < -0.3 is 33.0 Å². The number of unbranched alkanes of at least 4 members (excludes halogenated alkanes) is 6. The summed E-state index contributed by atoms with van der Waals surface area (Å²) in [6.07, 6.45) is 12.1. The fourth-order valence-electron chi connectivity index (χ4n) is 4.97. The molecule has 9 nitrogen and oxygen atoms in total. The zero-order valence-corrected chi connectivity index (χ0v) is 36.2. The first kappa shape index (κ1) is 49.7. The van der Waals surface area contributed by atoms with E-state index in [-0.39, 0.29) is 0 Å². The molecule has 0 aromatic heterocycles. The fourth-order valence-corrected chi connectivity index (χ4v) is 7.35. The number of ether oxygens (including phenoxy) is 6. The molecule has 0 aliphatic heterocycles. The van der Waals surface area contributed by atoms with Crippen LogP contribution in [0.5, 0.6) is 34.5 Å². The first-order valence-electron chi connectivity index (χ1n) is 20.3. The number of alkyl halides is 3. The molecule has 322 valence electrons. The lowest BCUT2D eigenvalue weighted by atomic mass is 10.2. The smallest absolute Gasteiger partial charge is 0.485 e. The van der Waals surface area contributed by atoms with Gasteiger partial charge in [-0.25, -0.2) is 8.42 Å². The van der Waals surface area contributed by atoms with Crippen LogP contribution in [-0.4, -0.2) is 58.1 Å². The second kappa shape index (κ2) is 27.2. The highest BCUT2D eigenvalue weighted by Gasteiger charge is 2.43. The predicted octanol–water partition coefficient (Wildman–Crippen LogP) is 11.9. The van der Waals surface area contributed by atoms with Gasteiger partial charge in [-0.15, -0.1) is 0 Å². The average molecular weight is 845 g/mol. The highest BCUT2D eigenvalue weighted by Crippen LogP contribution is 2.51. The molecular formula is C43H63F3O9S2. The molecule has 0 saturated carbocycles. The summed E-state index contributed by atoms with van der Waals surface area (Å²) >= 11 is 0. The Kier molecular flexibility index (Phi) is 23.7. The summed E-state index contributed by atoms with van der Waals surface area (Å²) in [6.45, 7) is 16.8. The van der Waals surface area contributed by atoms with E-state index in [1.807, 2.05) is 0 Å². The lowest BCUT2D eigenvalue weighted by molar-refractivity contribution is -0.0517. The molecule has 0 heterocycles. The third-order valence-corrected chi connectivity index (χ3v) is 11.1. The third kappa shape index (κ3) is 17.5. The van der Waals surface area contributed by atoms with Crippen LogP contribution in [0, 0.1) is 0 Å². The molecule has 0 radical (unpaired) electrons. The first-order valence-corrected chi connectivity index (χ1v) is 22.9. The minimum atomic E-state index is -6.09. The molecule has 0 N–H and O–H groups in total. The molecule has 14 heteroatoms. The van der Waals surface area contributed by atoms with E-state index in [0.717, 1.165) is 126 Å². The SMILES string of the molecule is CCCCOc1cc(OCCCC)c([S+](c2ccccc2)c2c(OCCCC)cc(OCCCC)cc2OCCCC)c(OCCCC)c1.O=S(=O)([O-])C(F)(F)F. The van der Waals surface area contributed by atoms with Crippen LogP contribution < -0.4 is 28.4 Å². The predicted molar refractivity (Wildman–Crippen MR) is 220 cm³/mol. The quantitative estimate of drug-likeness (QED) is 0.0320. The first-order chi connectivity index (χ1) is 27.4. The summed E-state index contributed by atoms with van der Waals surface area (Å²) in [5, 5.41) is 0. The van der Waals surface area contributed by atoms with Gasteiger partial charge in [0.15, 0.2) is 38.0 Å². The number of benzene rings is 3. The monoisotopic (exact) mass is 844 g/mol. The van der Waals surface area contributed by atoms with Crippen LogP contribution in [0.15, 0.2) is 69.3 Å². The van der Waals surface area contributed by atoms with Gasteiger partial charge in [0.2, 0.25) is 0 Å². The highest BCUT2D eigenvalue weighted by atomic mass is 32.2. The van der Waals surface area contributed by atoms with E-state index in [0.29, 0.717) is 39.6 Å². The van der Waals surface area contributed by atoms with Crippen molar-refractivity contribution in [3.63, 3.8) is 0 Å². The van der Waals surface area contributed by atoms with Crippen molar-refractivity contribution in [3.05, 3.63) is 54.6 Å². The minimum Gasteiger partial charge on any atom is -0.741 e. The van der Waals surface area contributed by atoms with E-state index >= 15 is 0 Å². The lowest BCUT2D eigenvalue weighted by Crippen LogP contribution is -2.21. The number of halogens is 3. The molecule has 0 amide bonds. The van der Waals surface area contributed by atoms with E-state index in [4.69, 9.17) is 41.4 Å². The summed E-state index contributed by atoms with van der Waals surface area (Å²) in [5.41, 5.74) is -5.65. The van der Waals surface area contributed by atoms with Crippen molar-refractivity contribution in [1.82, 2.24) is 0 Å². The maximum atomic E-state index is 10.7. The van der Waals surface area contributed by atoms with Gasteiger partial charge in [-0.1, -0.05) is 98.3 Å². The summed E-state index contributed by atoms with van der Waals surface area (Å²) in [4.78, 5) is 3.10. The van der Waals surface area contributed by atoms with Crippen molar-refractivity contribution < 1.29 is 54.6 Å². The maximum absolute atomic E-state index is 10.7. The van der Waals surface area contributed by atoms with Crippen molar-refractivity contribution in [3.8, 4) is 34.5 Å². The van der Waals surface area contributed by atoms with Crippen molar-refractivity contribution >= 4 is 21.0 Å². The van der Waals surface area contributed by atoms with E-state index < -0.39 is 26.5 Å². The van der Waals surface area contributed by atoms with Crippen LogP contribution in [0.4, 0.5) is 13.2 Å². The van der Waals surface area contributed by atoms with Crippen LogP contribution in [0.25, 0.3) is 0 Å². The van der Waals surface area contributed by atoms with E-state index in [1.165, 1.54) is 0 Å². The van der Waals surface area contributed by atoms with Gasteiger partial charge >= 0.3 is 5.51 Å². The highest BCUT2D eigenvalue weighted by molar-refractivity contribution is 7.97. The molecule has 0 atom stereocenters. The molecule has 0 unspecified atom stereocenters. The van der Waals surface area contributed by atoms with Crippen molar-refractivity contribution in [2.75, 3.05) is 39.6 Å². The van der Waals surface area contributed by atoms with Crippen LogP contribution >= 0.6 is 0 Å². The maximum Gasteiger partial charge on any atom is 0.485 e. The zero-order chi connectivity index (χ0) is 42.1. The van der Waals surface area contributed by atoms with Crippen LogP contribution in [0.1, 0.15) is 119 Å². The Morgan fingerprint density at radius 2 is 0.772 bits per heavy atom. The second-order valence-electron chi connectivity index (χ2n) is 13.2. The zero-order valence-electron chi connectivity index (χ0n) is 34.5. The summed E-state index contributed by atoms with van der Waals surface area (Å²) in [7, 11) is -6.82. The Hall–Kier alpha value is -3.49. The van der Waals surface area contributed by atoms with Gasteiger partial charge in [0.25, 0.3) is 9.79 Å². The van der Waals surface area contributed by atoms with Gasteiger partial charge in [0.05, 0.1) is 39.6 Å². The number of hydrogen-bond donors (Lipinski definition) is 0. The van der Waals surface area contributed by atoms with Gasteiger partial charge in [-0.2, -0.15) is 13.2 Å². The van der Waals surface area contributed by atoms with Crippen LogP contribution in [0.2, 0.25) is 0 Å². The Bertz CT molecular complexity index is 1510. The lowest BCUT2D eigenvalue weighted by Gasteiger charge is -2.22. The van der Waals surface area contributed by atoms with Gasteiger partial charge in [-0.3, -0.25) is 0 Å². The molecule has 57 heavy (non-hydrogen) atoms. The van der Waals surface area contributed by atoms with Crippen molar-refractivity contribution in [2.45, 2.75) is 139 Å². The Balaban J connectivity index is 0.00000126. The van der Waals surface area contributed by atoms with Crippen molar-refractivity contribution in [1.29, 1.82) is 0 Å². The van der Waals surface area contributed by atoms with Crippen LogP contribution in [-0.2, 0) is 21.0 Å². The fraction of sp³-hybridized carbons (Fsp3) is 0.581. The average Bonchev–Trinajstić information content (AvgIpc) is 3.17. The molecule has 0 saturated heterocycles.